The van der Waals surface area contributed by atoms with Crippen LogP contribution in [0, 0.1) is 0 Å². The predicted molar refractivity (Wildman–Crippen MR) is 85.7 cm³/mol. The molecule has 0 radical (unpaired) electrons. The first kappa shape index (κ1) is 15.8. The summed E-state index contributed by atoms with van der Waals surface area (Å²) in [5.74, 6) is 0.220. The van der Waals surface area contributed by atoms with Gasteiger partial charge in [-0.15, -0.1) is 0 Å². The van der Waals surface area contributed by atoms with Crippen LogP contribution in [0.15, 0.2) is 18.2 Å². The summed E-state index contributed by atoms with van der Waals surface area (Å²) < 4.78 is 5.27. The Bertz CT molecular complexity index is 446. The third-order valence-electron chi connectivity index (χ3n) is 4.00. The number of rotatable bonds is 6. The van der Waals surface area contributed by atoms with Crippen LogP contribution in [0.3, 0.4) is 0 Å². The number of hydrogen-bond donors (Lipinski definition) is 1. The molecule has 1 heterocycles. The number of hydrogen-bond acceptors (Lipinski definition) is 3. The smallest absolute Gasteiger partial charge is 0.224 e. The van der Waals surface area contributed by atoms with Crippen LogP contribution in [0.25, 0.3) is 0 Å². The van der Waals surface area contributed by atoms with Gasteiger partial charge in [-0.25, -0.2) is 0 Å². The third kappa shape index (κ3) is 4.21. The number of morpholine rings is 1. The van der Waals surface area contributed by atoms with Gasteiger partial charge >= 0.3 is 0 Å². The Labute approximate surface area is 127 Å². The topological polar surface area (TPSA) is 41.6 Å². The Morgan fingerprint density at radius 2 is 1.81 bits per heavy atom. The molecule has 0 spiro atoms. The molecule has 0 atom stereocenters. The molecule has 0 aliphatic carbocycles. The van der Waals surface area contributed by atoms with E-state index in [1.807, 2.05) is 4.90 Å². The minimum Gasteiger partial charge on any atom is -0.384 e. The zero-order valence-electron chi connectivity index (χ0n) is 13.2. The number of para-hydroxylation sites is 1. The van der Waals surface area contributed by atoms with Gasteiger partial charge in [0, 0.05) is 31.7 Å². The van der Waals surface area contributed by atoms with Crippen molar-refractivity contribution in [1.82, 2.24) is 4.90 Å². The zero-order valence-corrected chi connectivity index (χ0v) is 13.2. The summed E-state index contributed by atoms with van der Waals surface area (Å²) in [7, 11) is 0. The highest BCUT2D eigenvalue weighted by Crippen LogP contribution is 2.22. The van der Waals surface area contributed by atoms with E-state index < -0.39 is 0 Å². The minimum atomic E-state index is 0.220. The van der Waals surface area contributed by atoms with Gasteiger partial charge in [0.2, 0.25) is 5.91 Å². The minimum absolute atomic E-state index is 0.220. The Balaban J connectivity index is 1.89. The van der Waals surface area contributed by atoms with Crippen LogP contribution in [0.4, 0.5) is 5.69 Å². The first-order chi connectivity index (χ1) is 10.3. The second kappa shape index (κ2) is 8.03. The number of nitrogens with zero attached hydrogens (tertiary/aromatic N) is 1. The van der Waals surface area contributed by atoms with Gasteiger partial charge in [-0.1, -0.05) is 32.0 Å². The van der Waals surface area contributed by atoms with Crippen LogP contribution in [-0.4, -0.2) is 43.7 Å². The standard InChI is InChI=1S/C17H26N2O2/c1-3-14-6-5-7-15(4-2)17(14)18-9-8-16(20)19-10-12-21-13-11-19/h5-7,18H,3-4,8-13H2,1-2H3. The predicted octanol–water partition coefficient (Wildman–Crippen LogP) is 2.47. The summed E-state index contributed by atoms with van der Waals surface area (Å²) in [5, 5.41) is 3.47. The molecule has 1 aromatic carbocycles. The number of anilines is 1. The second-order valence-corrected chi connectivity index (χ2v) is 5.33. The molecular formula is C17H26N2O2. The van der Waals surface area contributed by atoms with Gasteiger partial charge in [-0.05, 0) is 24.0 Å². The van der Waals surface area contributed by atoms with E-state index in [9.17, 15) is 4.79 Å². The molecule has 21 heavy (non-hydrogen) atoms. The summed E-state index contributed by atoms with van der Waals surface area (Å²) >= 11 is 0. The summed E-state index contributed by atoms with van der Waals surface area (Å²) in [4.78, 5) is 14.0. The average Bonchev–Trinajstić information content (AvgIpc) is 2.55. The maximum absolute atomic E-state index is 12.1. The van der Waals surface area contributed by atoms with Crippen LogP contribution in [0.1, 0.15) is 31.4 Å². The van der Waals surface area contributed by atoms with Crippen LogP contribution in [0.5, 0.6) is 0 Å². The van der Waals surface area contributed by atoms with Gasteiger partial charge in [0.25, 0.3) is 0 Å². The van der Waals surface area contributed by atoms with Crippen molar-refractivity contribution < 1.29 is 9.53 Å². The number of nitrogens with one attached hydrogen (secondary N) is 1. The molecule has 1 N–H and O–H groups in total. The first-order valence-electron chi connectivity index (χ1n) is 7.96. The lowest BCUT2D eigenvalue weighted by Crippen LogP contribution is -2.41. The summed E-state index contributed by atoms with van der Waals surface area (Å²) in [6.45, 7) is 7.81. The lowest BCUT2D eigenvalue weighted by atomic mass is 10.0. The highest BCUT2D eigenvalue weighted by atomic mass is 16.5. The van der Waals surface area contributed by atoms with E-state index in [2.05, 4.69) is 37.4 Å². The molecule has 4 heteroatoms. The summed E-state index contributed by atoms with van der Waals surface area (Å²) in [6.07, 6.45) is 2.56. The van der Waals surface area contributed by atoms with E-state index >= 15 is 0 Å². The Morgan fingerprint density at radius 3 is 2.38 bits per heavy atom. The second-order valence-electron chi connectivity index (χ2n) is 5.33. The van der Waals surface area contributed by atoms with Crippen molar-refractivity contribution >= 4 is 11.6 Å². The Hall–Kier alpha value is -1.55. The van der Waals surface area contributed by atoms with Crippen molar-refractivity contribution in [1.29, 1.82) is 0 Å². The largest absolute Gasteiger partial charge is 0.384 e. The quantitative estimate of drug-likeness (QED) is 0.875. The maximum Gasteiger partial charge on any atom is 0.224 e. The highest BCUT2D eigenvalue weighted by Gasteiger charge is 2.16. The van der Waals surface area contributed by atoms with Crippen molar-refractivity contribution in [2.45, 2.75) is 33.1 Å². The molecule has 0 aromatic heterocycles. The molecule has 116 valence electrons. The van der Waals surface area contributed by atoms with E-state index in [1.165, 1.54) is 16.8 Å². The van der Waals surface area contributed by atoms with Crippen molar-refractivity contribution in [2.24, 2.45) is 0 Å². The molecule has 0 bridgehead atoms. The number of carbonyl (C=O) groups is 1. The van der Waals surface area contributed by atoms with Gasteiger partial charge in [0.05, 0.1) is 13.2 Å². The van der Waals surface area contributed by atoms with E-state index in [0.717, 1.165) is 25.9 Å². The van der Waals surface area contributed by atoms with E-state index in [0.29, 0.717) is 26.2 Å². The van der Waals surface area contributed by atoms with Gasteiger partial charge < -0.3 is 15.0 Å². The number of ether oxygens (including phenoxy) is 1. The van der Waals surface area contributed by atoms with Crippen molar-refractivity contribution in [3.8, 4) is 0 Å². The van der Waals surface area contributed by atoms with Gasteiger partial charge in [0.1, 0.15) is 0 Å². The monoisotopic (exact) mass is 290 g/mol. The molecule has 0 unspecified atom stereocenters. The van der Waals surface area contributed by atoms with Gasteiger partial charge in [-0.2, -0.15) is 0 Å². The first-order valence-corrected chi connectivity index (χ1v) is 7.96. The molecule has 1 aliphatic rings. The maximum atomic E-state index is 12.1. The average molecular weight is 290 g/mol. The summed E-state index contributed by atoms with van der Waals surface area (Å²) in [5.41, 5.74) is 3.87. The Morgan fingerprint density at radius 1 is 1.19 bits per heavy atom. The molecular weight excluding hydrogens is 264 g/mol. The number of amides is 1. The fraction of sp³-hybridized carbons (Fsp3) is 0.588. The zero-order chi connectivity index (χ0) is 15.1. The normalized spacial score (nSPS) is 15.0. The van der Waals surface area contributed by atoms with Crippen molar-refractivity contribution in [2.75, 3.05) is 38.2 Å². The lowest BCUT2D eigenvalue weighted by Gasteiger charge is -2.27. The molecule has 1 aromatic rings. The molecule has 1 saturated heterocycles. The fourth-order valence-corrected chi connectivity index (χ4v) is 2.73. The fourth-order valence-electron chi connectivity index (χ4n) is 2.73. The summed E-state index contributed by atoms with van der Waals surface area (Å²) in [6, 6.07) is 6.43. The molecule has 2 rings (SSSR count). The molecule has 1 aliphatic heterocycles. The van der Waals surface area contributed by atoms with Crippen molar-refractivity contribution in [3.63, 3.8) is 0 Å². The number of aryl methyl sites for hydroxylation is 2. The number of carbonyl (C=O) groups excluding carboxylic acids is 1. The van der Waals surface area contributed by atoms with Crippen molar-refractivity contribution in [3.05, 3.63) is 29.3 Å². The molecule has 1 amide bonds. The molecule has 4 nitrogen and oxygen atoms in total. The van der Waals surface area contributed by atoms with Gasteiger partial charge in [-0.3, -0.25) is 4.79 Å². The van der Waals surface area contributed by atoms with Crippen LogP contribution < -0.4 is 5.32 Å². The lowest BCUT2D eigenvalue weighted by molar-refractivity contribution is -0.134. The highest BCUT2D eigenvalue weighted by molar-refractivity contribution is 5.77. The number of benzene rings is 1. The molecule has 1 fully saturated rings. The van der Waals surface area contributed by atoms with Crippen LogP contribution >= 0.6 is 0 Å². The third-order valence-corrected chi connectivity index (χ3v) is 4.00. The SMILES string of the molecule is CCc1cccc(CC)c1NCCC(=O)N1CCOCC1. The van der Waals surface area contributed by atoms with E-state index in [4.69, 9.17) is 4.74 Å². The van der Waals surface area contributed by atoms with E-state index in [-0.39, 0.29) is 5.91 Å². The van der Waals surface area contributed by atoms with Crippen LogP contribution in [0.2, 0.25) is 0 Å². The van der Waals surface area contributed by atoms with Gasteiger partial charge in [0.15, 0.2) is 0 Å². The van der Waals surface area contributed by atoms with E-state index in [1.54, 1.807) is 0 Å². The van der Waals surface area contributed by atoms with Crippen LogP contribution in [-0.2, 0) is 22.4 Å². The molecule has 0 saturated carbocycles. The Kier molecular flexibility index (Phi) is 6.05.